The largest absolute Gasteiger partial charge is 0.351 e. The molecule has 0 radical (unpaired) electrons. The van der Waals surface area contributed by atoms with E-state index in [1.54, 1.807) is 0 Å². The zero-order valence-corrected chi connectivity index (χ0v) is 21.7. The summed E-state index contributed by atoms with van der Waals surface area (Å²) in [5.74, 6) is 1.10. The number of hydrogen-bond donors (Lipinski definition) is 1. The van der Waals surface area contributed by atoms with Crippen molar-refractivity contribution >= 4 is 22.9 Å². The Morgan fingerprint density at radius 3 is 2.44 bits per heavy atom. The van der Waals surface area contributed by atoms with Crippen LogP contribution in [0.1, 0.15) is 47.5 Å². The van der Waals surface area contributed by atoms with Gasteiger partial charge in [-0.25, -0.2) is 0 Å². The first-order valence-electron chi connectivity index (χ1n) is 12.3. The monoisotopic (exact) mass is 494 g/mol. The van der Waals surface area contributed by atoms with Crippen molar-refractivity contribution in [2.45, 2.75) is 39.7 Å². The van der Waals surface area contributed by atoms with Crippen LogP contribution in [0.3, 0.4) is 0 Å². The maximum atomic E-state index is 5.87. The van der Waals surface area contributed by atoms with Gasteiger partial charge in [-0.05, 0) is 63.0 Å². The van der Waals surface area contributed by atoms with Crippen LogP contribution in [0.5, 0.6) is 0 Å². The Balaban J connectivity index is 1.49. The molecule has 0 fully saturated rings. The summed E-state index contributed by atoms with van der Waals surface area (Å²) < 4.78 is 5.87. The van der Waals surface area contributed by atoms with Gasteiger partial charge < -0.3 is 14.7 Å². The molecule has 4 aromatic rings. The maximum absolute atomic E-state index is 5.87. The summed E-state index contributed by atoms with van der Waals surface area (Å²) >= 11 is 5.85. The van der Waals surface area contributed by atoms with Crippen LogP contribution >= 0.6 is 12.2 Å². The number of aromatic nitrogens is 2. The number of rotatable bonds is 7. The zero-order valence-electron chi connectivity index (χ0n) is 20.9. The van der Waals surface area contributed by atoms with E-state index in [2.05, 4.69) is 96.8 Å². The lowest BCUT2D eigenvalue weighted by Crippen LogP contribution is -2.46. The number of allylic oxidation sites excluding steroid dienone is 1. The molecular formula is C30H30N4OS. The van der Waals surface area contributed by atoms with E-state index in [0.717, 1.165) is 47.3 Å². The molecule has 3 aromatic carbocycles. The molecule has 0 spiro atoms. The van der Waals surface area contributed by atoms with Crippen LogP contribution in [0.2, 0.25) is 0 Å². The number of aryl methyl sites for hydroxylation is 3. The second-order valence-electron chi connectivity index (χ2n) is 9.33. The average molecular weight is 495 g/mol. The van der Waals surface area contributed by atoms with Gasteiger partial charge >= 0.3 is 0 Å². The lowest BCUT2D eigenvalue weighted by molar-refractivity contribution is 0.396. The summed E-state index contributed by atoms with van der Waals surface area (Å²) in [6.45, 7) is 7.05. The fraction of sp³-hybridized carbons (Fsp3) is 0.233. The van der Waals surface area contributed by atoms with Crippen LogP contribution < -0.4 is 5.32 Å². The Bertz CT molecular complexity index is 1390. The van der Waals surface area contributed by atoms with Gasteiger partial charge in [0.25, 0.3) is 5.89 Å². The van der Waals surface area contributed by atoms with Gasteiger partial charge in [0.1, 0.15) is 0 Å². The Morgan fingerprint density at radius 2 is 1.69 bits per heavy atom. The molecule has 6 heteroatoms. The summed E-state index contributed by atoms with van der Waals surface area (Å²) in [5.41, 5.74) is 7.73. The van der Waals surface area contributed by atoms with E-state index in [-0.39, 0.29) is 6.04 Å². The van der Waals surface area contributed by atoms with Crippen LogP contribution in [0.15, 0.2) is 89.1 Å². The summed E-state index contributed by atoms with van der Waals surface area (Å²) in [6, 6.07) is 27.0. The molecule has 5 rings (SSSR count). The highest BCUT2D eigenvalue weighted by atomic mass is 32.1. The van der Waals surface area contributed by atoms with E-state index < -0.39 is 0 Å². The predicted octanol–water partition coefficient (Wildman–Crippen LogP) is 6.65. The topological polar surface area (TPSA) is 54.2 Å². The van der Waals surface area contributed by atoms with Crippen molar-refractivity contribution in [1.29, 1.82) is 0 Å². The number of benzene rings is 3. The minimum absolute atomic E-state index is 0.172. The van der Waals surface area contributed by atoms with E-state index in [0.29, 0.717) is 16.8 Å². The standard InChI is InChI=1S/C30H30N4OS/c1-20-14-16-24(17-15-20)27-26(29-32-28(33-35-29)25-13-7-9-21(2)19-25)22(3)34(30(36)31-27)18-8-12-23-10-5-4-6-11-23/h4-7,9-11,13-17,19,27H,8,12,18H2,1-3H3,(H,31,36). The van der Waals surface area contributed by atoms with E-state index in [9.17, 15) is 0 Å². The van der Waals surface area contributed by atoms with Gasteiger partial charge in [0.05, 0.1) is 11.6 Å². The molecule has 1 unspecified atom stereocenters. The van der Waals surface area contributed by atoms with Crippen LogP contribution in [0, 0.1) is 13.8 Å². The molecule has 0 bridgehead atoms. The normalized spacial score (nSPS) is 15.8. The Kier molecular flexibility index (Phi) is 6.96. The van der Waals surface area contributed by atoms with Crippen molar-refractivity contribution in [3.05, 3.63) is 113 Å². The van der Waals surface area contributed by atoms with E-state index in [4.69, 9.17) is 21.7 Å². The Morgan fingerprint density at radius 1 is 0.917 bits per heavy atom. The molecule has 36 heavy (non-hydrogen) atoms. The van der Waals surface area contributed by atoms with Crippen LogP contribution in [-0.4, -0.2) is 26.7 Å². The third kappa shape index (κ3) is 5.09. The molecule has 1 atom stereocenters. The van der Waals surface area contributed by atoms with Gasteiger partial charge in [-0.2, -0.15) is 4.98 Å². The van der Waals surface area contributed by atoms with Crippen molar-refractivity contribution in [2.24, 2.45) is 0 Å². The first kappa shape index (κ1) is 23.9. The smallest absolute Gasteiger partial charge is 0.258 e. The summed E-state index contributed by atoms with van der Waals surface area (Å²) in [4.78, 5) is 6.99. The SMILES string of the molecule is CC1=C(c2nc(-c3cccc(C)c3)no2)C(c2ccc(C)cc2)NC(=S)N1CCCc1ccccc1. The molecule has 0 saturated heterocycles. The van der Waals surface area contributed by atoms with E-state index >= 15 is 0 Å². The van der Waals surface area contributed by atoms with E-state index in [1.165, 1.54) is 11.1 Å². The Hall–Kier alpha value is -3.77. The third-order valence-corrected chi connectivity index (χ3v) is 6.97. The van der Waals surface area contributed by atoms with Crippen LogP contribution in [-0.2, 0) is 6.42 Å². The molecule has 1 N–H and O–H groups in total. The third-order valence-electron chi connectivity index (χ3n) is 6.63. The summed E-state index contributed by atoms with van der Waals surface area (Å²) in [5, 5.41) is 8.60. The maximum Gasteiger partial charge on any atom is 0.258 e. The number of hydrogen-bond acceptors (Lipinski definition) is 4. The second-order valence-corrected chi connectivity index (χ2v) is 9.71. The molecule has 0 amide bonds. The molecule has 1 aromatic heterocycles. The highest BCUT2D eigenvalue weighted by molar-refractivity contribution is 7.80. The van der Waals surface area contributed by atoms with Crippen molar-refractivity contribution in [3.8, 4) is 11.4 Å². The van der Waals surface area contributed by atoms with Gasteiger partial charge in [0.15, 0.2) is 5.11 Å². The first-order chi connectivity index (χ1) is 17.5. The van der Waals surface area contributed by atoms with Gasteiger partial charge in [0.2, 0.25) is 5.82 Å². The van der Waals surface area contributed by atoms with Crippen molar-refractivity contribution in [3.63, 3.8) is 0 Å². The molecule has 0 aliphatic carbocycles. The highest BCUT2D eigenvalue weighted by Crippen LogP contribution is 2.37. The summed E-state index contributed by atoms with van der Waals surface area (Å²) in [6.07, 6.45) is 1.96. The molecule has 182 valence electrons. The minimum atomic E-state index is -0.172. The quantitative estimate of drug-likeness (QED) is 0.290. The van der Waals surface area contributed by atoms with Gasteiger partial charge in [0, 0.05) is 17.8 Å². The highest BCUT2D eigenvalue weighted by Gasteiger charge is 2.33. The molecule has 5 nitrogen and oxygen atoms in total. The fourth-order valence-corrected chi connectivity index (χ4v) is 5.00. The van der Waals surface area contributed by atoms with Crippen molar-refractivity contribution < 1.29 is 4.52 Å². The van der Waals surface area contributed by atoms with Crippen LogP contribution in [0.4, 0.5) is 0 Å². The average Bonchev–Trinajstić information content (AvgIpc) is 3.37. The van der Waals surface area contributed by atoms with Gasteiger partial charge in [-0.15, -0.1) is 0 Å². The van der Waals surface area contributed by atoms with Crippen LogP contribution in [0.25, 0.3) is 17.0 Å². The van der Waals surface area contributed by atoms with Crippen molar-refractivity contribution in [1.82, 2.24) is 20.4 Å². The van der Waals surface area contributed by atoms with Crippen molar-refractivity contribution in [2.75, 3.05) is 6.54 Å². The predicted molar refractivity (Wildman–Crippen MR) is 148 cm³/mol. The van der Waals surface area contributed by atoms with Gasteiger partial charge in [-0.3, -0.25) is 0 Å². The number of thiocarbonyl (C=S) groups is 1. The lowest BCUT2D eigenvalue weighted by Gasteiger charge is -2.37. The van der Waals surface area contributed by atoms with Gasteiger partial charge in [-0.1, -0.05) is 89.1 Å². The zero-order chi connectivity index (χ0) is 25.1. The lowest BCUT2D eigenvalue weighted by atomic mass is 9.94. The molecule has 2 heterocycles. The molecule has 1 aliphatic rings. The molecular weight excluding hydrogens is 464 g/mol. The second kappa shape index (κ2) is 10.5. The fourth-order valence-electron chi connectivity index (χ4n) is 4.66. The molecule has 0 saturated carbocycles. The summed E-state index contributed by atoms with van der Waals surface area (Å²) in [7, 11) is 0. The minimum Gasteiger partial charge on any atom is -0.351 e. The first-order valence-corrected chi connectivity index (χ1v) is 12.7. The van der Waals surface area contributed by atoms with E-state index in [1.807, 2.05) is 18.2 Å². The Labute approximate surface area is 217 Å². The molecule has 1 aliphatic heterocycles. The number of nitrogens with zero attached hydrogens (tertiary/aromatic N) is 3. The number of nitrogens with one attached hydrogen (secondary N) is 1.